The van der Waals surface area contributed by atoms with Crippen molar-refractivity contribution in [3.8, 4) is 0 Å². The van der Waals surface area contributed by atoms with E-state index in [2.05, 4.69) is 10.2 Å². The maximum atomic E-state index is 13.7. The van der Waals surface area contributed by atoms with Gasteiger partial charge < -0.3 is 15.2 Å². The van der Waals surface area contributed by atoms with Gasteiger partial charge in [0.2, 0.25) is 5.91 Å². The van der Waals surface area contributed by atoms with Crippen LogP contribution < -0.4 is 5.32 Å². The molecule has 2 fully saturated rings. The quantitative estimate of drug-likeness (QED) is 0.574. The minimum absolute atomic E-state index is 0.0112. The number of likely N-dealkylation sites (tertiary alicyclic amines) is 1. The van der Waals surface area contributed by atoms with Crippen LogP contribution in [0.1, 0.15) is 77.3 Å². The summed E-state index contributed by atoms with van der Waals surface area (Å²) in [5.74, 6) is -0.913. The fraction of sp³-hybridized carbons (Fsp3) is 0.556. The number of carbonyl (C=O) groups is 2. The van der Waals surface area contributed by atoms with Gasteiger partial charge in [0.15, 0.2) is 0 Å². The van der Waals surface area contributed by atoms with Crippen molar-refractivity contribution in [1.82, 2.24) is 4.90 Å². The van der Waals surface area contributed by atoms with E-state index in [9.17, 15) is 19.1 Å². The lowest BCUT2D eigenvalue weighted by Crippen LogP contribution is -2.56. The molecule has 0 radical (unpaired) electrons. The van der Waals surface area contributed by atoms with Gasteiger partial charge >= 0.3 is 5.97 Å². The molecule has 188 valence electrons. The van der Waals surface area contributed by atoms with E-state index in [-0.39, 0.29) is 30.2 Å². The average molecular weight is 501 g/mol. The number of nitrogens with one attached hydrogen (secondary N) is 1. The van der Waals surface area contributed by atoms with Gasteiger partial charge in [-0.05, 0) is 68.2 Å². The van der Waals surface area contributed by atoms with Crippen molar-refractivity contribution in [3.63, 3.8) is 0 Å². The van der Waals surface area contributed by atoms with Gasteiger partial charge in [0.05, 0.1) is 24.8 Å². The largest absolute Gasteiger partial charge is 0.465 e. The fourth-order valence-corrected chi connectivity index (χ4v) is 7.64. The van der Waals surface area contributed by atoms with E-state index < -0.39 is 11.6 Å². The monoisotopic (exact) mass is 500 g/mol. The number of carbonyl (C=O) groups excluding carboxylic acids is 2. The third-order valence-electron chi connectivity index (χ3n) is 8.04. The van der Waals surface area contributed by atoms with E-state index in [4.69, 9.17) is 4.74 Å². The molecule has 0 spiro atoms. The van der Waals surface area contributed by atoms with Crippen molar-refractivity contribution in [1.29, 1.82) is 0 Å². The Bertz CT molecular complexity index is 1100. The molecule has 0 bridgehead atoms. The molecule has 5 rings (SSSR count). The summed E-state index contributed by atoms with van der Waals surface area (Å²) in [5, 5.41) is 15.0. The molecular weight excluding hydrogens is 467 g/mol. The number of thiophene rings is 1. The summed E-state index contributed by atoms with van der Waals surface area (Å²) in [6.45, 7) is 0.713. The first-order valence-electron chi connectivity index (χ1n) is 12.6. The number of methoxy groups -OCH3 is 1. The highest BCUT2D eigenvalue weighted by molar-refractivity contribution is 7.17. The molecule has 3 atom stereocenters. The van der Waals surface area contributed by atoms with E-state index in [1.807, 2.05) is 0 Å². The predicted molar refractivity (Wildman–Crippen MR) is 133 cm³/mol. The van der Waals surface area contributed by atoms with Crippen molar-refractivity contribution < 1.29 is 23.8 Å². The van der Waals surface area contributed by atoms with E-state index in [0.717, 1.165) is 67.4 Å². The number of esters is 1. The Morgan fingerprint density at radius 1 is 1.17 bits per heavy atom. The second-order valence-corrected chi connectivity index (χ2v) is 11.2. The zero-order valence-corrected chi connectivity index (χ0v) is 21.0. The van der Waals surface area contributed by atoms with Gasteiger partial charge in [-0.25, -0.2) is 9.18 Å². The predicted octanol–water partition coefficient (Wildman–Crippen LogP) is 4.86. The summed E-state index contributed by atoms with van der Waals surface area (Å²) in [6.07, 6.45) is 8.14. The zero-order valence-electron chi connectivity index (χ0n) is 20.1. The van der Waals surface area contributed by atoms with Gasteiger partial charge in [-0.1, -0.05) is 25.0 Å². The molecule has 1 saturated carbocycles. The highest BCUT2D eigenvalue weighted by Crippen LogP contribution is 2.49. The van der Waals surface area contributed by atoms with Gasteiger partial charge in [0.1, 0.15) is 10.8 Å². The number of halogens is 1. The lowest BCUT2D eigenvalue weighted by atomic mass is 9.66. The lowest BCUT2D eigenvalue weighted by Gasteiger charge is -2.52. The van der Waals surface area contributed by atoms with Crippen LogP contribution in [0.25, 0.3) is 0 Å². The molecule has 1 aromatic carbocycles. The van der Waals surface area contributed by atoms with Crippen LogP contribution in [0.5, 0.6) is 0 Å². The Balaban J connectivity index is 1.40. The van der Waals surface area contributed by atoms with E-state index in [1.54, 1.807) is 12.1 Å². The van der Waals surface area contributed by atoms with Crippen molar-refractivity contribution in [2.75, 3.05) is 25.5 Å². The third kappa shape index (κ3) is 4.76. The van der Waals surface area contributed by atoms with E-state index in [0.29, 0.717) is 23.5 Å². The summed E-state index contributed by atoms with van der Waals surface area (Å²) in [6, 6.07) is 6.27. The zero-order chi connectivity index (χ0) is 24.6. The summed E-state index contributed by atoms with van der Waals surface area (Å²) < 4.78 is 18.7. The van der Waals surface area contributed by atoms with Crippen LogP contribution in [0.15, 0.2) is 24.3 Å². The van der Waals surface area contributed by atoms with Gasteiger partial charge in [0.25, 0.3) is 0 Å². The standard InChI is InChI=1S/C27H33FN2O4S/c1-34-26(32)23-19-6-2-3-8-21(19)35-25(23)29-22(31)16-30-15-14-27(33)13-5-4-7-20(27)24(30)17-9-11-18(28)12-10-17/h9-12,20,24,33H,2-8,13-16H2,1H3,(H,29,31)/t20-,24-,27+/m0/s1. The van der Waals surface area contributed by atoms with Crippen LogP contribution in [0, 0.1) is 11.7 Å². The summed E-state index contributed by atoms with van der Waals surface area (Å²) in [5.41, 5.74) is 1.68. The molecule has 1 aromatic heterocycles. The Labute approximate surface area is 209 Å². The normalized spacial score (nSPS) is 26.5. The smallest absolute Gasteiger partial charge is 0.341 e. The molecule has 0 unspecified atom stereocenters. The second-order valence-electron chi connectivity index (χ2n) is 10.1. The molecule has 2 N–H and O–H groups in total. The molecule has 6 nitrogen and oxygen atoms in total. The molecule has 2 heterocycles. The number of hydrogen-bond acceptors (Lipinski definition) is 6. The van der Waals surface area contributed by atoms with Crippen LogP contribution in [-0.4, -0.2) is 47.7 Å². The van der Waals surface area contributed by atoms with Crippen LogP contribution in [0.3, 0.4) is 0 Å². The highest BCUT2D eigenvalue weighted by atomic mass is 32.1. The number of aliphatic hydroxyl groups is 1. The van der Waals surface area contributed by atoms with Crippen LogP contribution in [0.2, 0.25) is 0 Å². The molecular formula is C27H33FN2O4S. The number of rotatable bonds is 5. The molecule has 1 amide bonds. The van der Waals surface area contributed by atoms with E-state index >= 15 is 0 Å². The first-order valence-corrected chi connectivity index (χ1v) is 13.5. The maximum absolute atomic E-state index is 13.7. The van der Waals surface area contributed by atoms with Gasteiger partial charge in [0, 0.05) is 23.4 Å². The minimum Gasteiger partial charge on any atom is -0.465 e. The Morgan fingerprint density at radius 2 is 1.94 bits per heavy atom. The molecule has 1 saturated heterocycles. The topological polar surface area (TPSA) is 78.9 Å². The molecule has 3 aliphatic rings. The number of fused-ring (bicyclic) bond motifs is 2. The van der Waals surface area contributed by atoms with Gasteiger partial charge in [-0.3, -0.25) is 9.69 Å². The summed E-state index contributed by atoms with van der Waals surface area (Å²) >= 11 is 1.48. The number of benzene rings is 1. The van der Waals surface area contributed by atoms with Crippen LogP contribution in [0.4, 0.5) is 9.39 Å². The number of hydrogen-bond donors (Lipinski definition) is 2. The number of nitrogens with zero attached hydrogens (tertiary/aromatic N) is 1. The highest BCUT2D eigenvalue weighted by Gasteiger charge is 2.49. The van der Waals surface area contributed by atoms with Crippen LogP contribution in [-0.2, 0) is 22.4 Å². The molecule has 1 aliphatic heterocycles. The fourth-order valence-electron chi connectivity index (χ4n) is 6.35. The van der Waals surface area contributed by atoms with Crippen molar-refractivity contribution in [3.05, 3.63) is 51.7 Å². The Morgan fingerprint density at radius 3 is 2.71 bits per heavy atom. The number of ether oxygens (including phenoxy) is 1. The average Bonchev–Trinajstić information content (AvgIpc) is 3.22. The molecule has 2 aromatic rings. The van der Waals surface area contributed by atoms with Crippen LogP contribution >= 0.6 is 11.3 Å². The first-order chi connectivity index (χ1) is 16.9. The molecule has 35 heavy (non-hydrogen) atoms. The Hall–Kier alpha value is -2.29. The molecule has 2 aliphatic carbocycles. The maximum Gasteiger partial charge on any atom is 0.341 e. The van der Waals surface area contributed by atoms with Crippen molar-refractivity contribution in [2.24, 2.45) is 5.92 Å². The lowest BCUT2D eigenvalue weighted by molar-refractivity contribution is -0.135. The number of aryl methyl sites for hydroxylation is 1. The SMILES string of the molecule is COC(=O)c1c(NC(=O)CN2CC[C@]3(O)CCCC[C@H]3[C@@H]2c2ccc(F)cc2)sc2c1CCCC2. The first kappa shape index (κ1) is 24.4. The number of piperidine rings is 1. The van der Waals surface area contributed by atoms with Crippen molar-refractivity contribution >= 4 is 28.2 Å². The van der Waals surface area contributed by atoms with Gasteiger partial charge in [-0.2, -0.15) is 0 Å². The minimum atomic E-state index is -0.755. The van der Waals surface area contributed by atoms with Crippen molar-refractivity contribution in [2.45, 2.75) is 69.4 Å². The molecule has 8 heteroatoms. The second kappa shape index (κ2) is 9.99. The van der Waals surface area contributed by atoms with Gasteiger partial charge in [-0.15, -0.1) is 11.3 Å². The Kier molecular flexibility index (Phi) is 6.97. The summed E-state index contributed by atoms with van der Waals surface area (Å²) in [4.78, 5) is 29.1. The number of amides is 1. The summed E-state index contributed by atoms with van der Waals surface area (Å²) in [7, 11) is 1.37. The van der Waals surface area contributed by atoms with E-state index in [1.165, 1.54) is 30.6 Å². The number of anilines is 1. The third-order valence-corrected chi connectivity index (χ3v) is 9.25.